The molecule has 2 atom stereocenters. The van der Waals surface area contributed by atoms with E-state index in [1.165, 1.54) is 0 Å². The highest BCUT2D eigenvalue weighted by atomic mass is 32.2. The monoisotopic (exact) mass is 428 g/mol. The van der Waals surface area contributed by atoms with E-state index in [1.54, 1.807) is 31.2 Å². The first kappa shape index (κ1) is 26.5. The normalized spacial score (nSPS) is 12.7. The Balaban J connectivity index is 0.000000543. The molecule has 1 rings (SSSR count). The lowest BCUT2D eigenvalue weighted by molar-refractivity contribution is -0.139. The molecule has 1 aromatic carbocycles. The second-order valence-corrected chi connectivity index (χ2v) is 8.05. The van der Waals surface area contributed by atoms with Gasteiger partial charge in [0.1, 0.15) is 6.04 Å². The molecule has 0 fully saturated rings. The van der Waals surface area contributed by atoms with Crippen molar-refractivity contribution in [2.75, 3.05) is 12.4 Å². The maximum absolute atomic E-state index is 11.2. The van der Waals surface area contributed by atoms with Gasteiger partial charge in [0.2, 0.25) is 15.9 Å². The Kier molecular flexibility index (Phi) is 12.4. The van der Waals surface area contributed by atoms with Crippen molar-refractivity contribution in [1.29, 1.82) is 5.26 Å². The average Bonchev–Trinajstić information content (AvgIpc) is 2.69. The van der Waals surface area contributed by atoms with E-state index in [4.69, 9.17) is 21.2 Å². The van der Waals surface area contributed by atoms with Crippen LogP contribution in [-0.4, -0.2) is 55.0 Å². The predicted octanol–water partition coefficient (Wildman–Crippen LogP) is -0.327. The van der Waals surface area contributed by atoms with E-state index in [0.717, 1.165) is 5.56 Å². The molecule has 0 aliphatic rings. The molecule has 1 aromatic rings. The number of carbonyl (C=O) groups is 2. The minimum absolute atomic E-state index is 0.118. The number of benzene rings is 1. The van der Waals surface area contributed by atoms with Crippen LogP contribution in [0.1, 0.15) is 37.8 Å². The number of nitrogens with two attached hydrogens (primary N) is 1. The first-order valence-electron chi connectivity index (χ1n) is 8.92. The first-order chi connectivity index (χ1) is 13.6. The van der Waals surface area contributed by atoms with Gasteiger partial charge in [-0.3, -0.25) is 9.59 Å². The number of carbonyl (C=O) groups excluding carboxylic acids is 1. The van der Waals surface area contributed by atoms with Crippen LogP contribution in [0.15, 0.2) is 24.3 Å². The van der Waals surface area contributed by atoms with Gasteiger partial charge in [0.15, 0.2) is 0 Å². The standard InChI is InChI=1S/C11H13N3O.C7H15NO5S/c1-8(13)11(15)14-7-10-4-2-9(6-12)3-5-10;1-2-3-4-14(12,13)8-6(5-9)7(10)11/h2-5,8H,7,13H2,1H3,(H,14,15);6,8-9H,2-5H2,1H3,(H,10,11)/t8-;6-/m01/s1. The molecule has 0 radical (unpaired) electrons. The smallest absolute Gasteiger partial charge is 0.324 e. The molecule has 0 aromatic heterocycles. The third-order valence-corrected chi connectivity index (χ3v) is 5.00. The Hall–Kier alpha value is -2.52. The molecule has 0 aliphatic carbocycles. The van der Waals surface area contributed by atoms with Crippen molar-refractivity contribution < 1.29 is 28.2 Å². The van der Waals surface area contributed by atoms with Crippen molar-refractivity contribution in [2.45, 2.75) is 45.3 Å². The molecule has 0 heterocycles. The van der Waals surface area contributed by atoms with Crippen molar-refractivity contribution in [2.24, 2.45) is 5.73 Å². The summed E-state index contributed by atoms with van der Waals surface area (Å²) in [4.78, 5) is 21.5. The lowest BCUT2D eigenvalue weighted by Crippen LogP contribution is -2.44. The average molecular weight is 429 g/mol. The van der Waals surface area contributed by atoms with Crippen LogP contribution in [0.25, 0.3) is 0 Å². The number of nitriles is 1. The van der Waals surface area contributed by atoms with Crippen LogP contribution in [0, 0.1) is 11.3 Å². The summed E-state index contributed by atoms with van der Waals surface area (Å²) in [5.74, 6) is -1.68. The number of aliphatic hydroxyl groups excluding tert-OH is 1. The Morgan fingerprint density at radius 1 is 1.28 bits per heavy atom. The van der Waals surface area contributed by atoms with Crippen LogP contribution in [0.3, 0.4) is 0 Å². The van der Waals surface area contributed by atoms with Crippen LogP contribution in [0.2, 0.25) is 0 Å². The van der Waals surface area contributed by atoms with E-state index >= 15 is 0 Å². The lowest BCUT2D eigenvalue weighted by atomic mass is 10.1. The summed E-state index contributed by atoms with van der Waals surface area (Å²) in [6.07, 6.45) is 1.17. The van der Waals surface area contributed by atoms with Crippen LogP contribution in [-0.2, 0) is 26.2 Å². The number of hydrogen-bond acceptors (Lipinski definition) is 7. The van der Waals surface area contributed by atoms with Gasteiger partial charge in [0.25, 0.3) is 0 Å². The number of unbranched alkanes of at least 4 members (excludes halogenated alkanes) is 1. The zero-order valence-electron chi connectivity index (χ0n) is 16.5. The summed E-state index contributed by atoms with van der Waals surface area (Å²) in [5.41, 5.74) is 6.95. The first-order valence-corrected chi connectivity index (χ1v) is 10.6. The molecule has 1 amide bonds. The molecule has 11 heteroatoms. The summed E-state index contributed by atoms with van der Waals surface area (Å²) in [6.45, 7) is 3.15. The SMILES string of the molecule is CCCCS(=O)(=O)N[C@H](CO)C(=O)O.C[C@H](N)C(=O)NCc1ccc(C#N)cc1. The number of aliphatic carboxylic acids is 1. The lowest BCUT2D eigenvalue weighted by Gasteiger charge is -2.11. The third-order valence-electron chi connectivity index (χ3n) is 3.53. The van der Waals surface area contributed by atoms with Crippen LogP contribution >= 0.6 is 0 Å². The summed E-state index contributed by atoms with van der Waals surface area (Å²) in [7, 11) is -3.59. The summed E-state index contributed by atoms with van der Waals surface area (Å²) in [5, 5.41) is 28.3. The maximum Gasteiger partial charge on any atom is 0.324 e. The zero-order chi connectivity index (χ0) is 22.4. The number of sulfonamides is 1. The highest BCUT2D eigenvalue weighted by molar-refractivity contribution is 7.89. The van der Waals surface area contributed by atoms with Crippen molar-refractivity contribution >= 4 is 21.9 Å². The van der Waals surface area contributed by atoms with Crippen molar-refractivity contribution in [3.8, 4) is 6.07 Å². The molecule has 10 nitrogen and oxygen atoms in total. The number of amides is 1. The van der Waals surface area contributed by atoms with Gasteiger partial charge >= 0.3 is 5.97 Å². The second-order valence-electron chi connectivity index (χ2n) is 6.18. The molecule has 0 unspecified atom stereocenters. The predicted molar refractivity (Wildman–Crippen MR) is 107 cm³/mol. The summed E-state index contributed by atoms with van der Waals surface area (Å²) < 4.78 is 24.3. The van der Waals surface area contributed by atoms with E-state index in [2.05, 4.69) is 5.32 Å². The van der Waals surface area contributed by atoms with Gasteiger partial charge in [0.05, 0.1) is 30.0 Å². The Morgan fingerprint density at radius 3 is 2.28 bits per heavy atom. The van der Waals surface area contributed by atoms with Crippen molar-refractivity contribution in [3.05, 3.63) is 35.4 Å². The zero-order valence-corrected chi connectivity index (χ0v) is 17.3. The molecular weight excluding hydrogens is 400 g/mol. The number of carboxylic acid groups (broad SMARTS) is 1. The minimum Gasteiger partial charge on any atom is -0.480 e. The number of carboxylic acids is 1. The second kappa shape index (κ2) is 13.6. The topological polar surface area (TPSA) is 183 Å². The molecule has 0 saturated carbocycles. The molecule has 0 spiro atoms. The highest BCUT2D eigenvalue weighted by Gasteiger charge is 2.22. The quantitative estimate of drug-likeness (QED) is 0.335. The fraction of sp³-hybridized carbons (Fsp3) is 0.500. The van der Waals surface area contributed by atoms with E-state index in [0.29, 0.717) is 24.9 Å². The van der Waals surface area contributed by atoms with Gasteiger partial charge in [0, 0.05) is 6.54 Å². The fourth-order valence-corrected chi connectivity index (χ4v) is 3.22. The Labute approximate surface area is 170 Å². The van der Waals surface area contributed by atoms with Crippen LogP contribution < -0.4 is 15.8 Å². The van der Waals surface area contributed by atoms with E-state index in [9.17, 15) is 18.0 Å². The van der Waals surface area contributed by atoms with Crippen LogP contribution in [0.5, 0.6) is 0 Å². The Morgan fingerprint density at radius 2 is 1.86 bits per heavy atom. The van der Waals surface area contributed by atoms with Gasteiger partial charge in [-0.15, -0.1) is 0 Å². The number of hydrogen-bond donors (Lipinski definition) is 5. The molecule has 0 bridgehead atoms. The molecule has 6 N–H and O–H groups in total. The third kappa shape index (κ3) is 11.8. The molecular formula is C18H28N4O6S. The van der Waals surface area contributed by atoms with Gasteiger partial charge in [-0.1, -0.05) is 25.5 Å². The molecule has 0 saturated heterocycles. The Bertz CT molecular complexity index is 788. The fourth-order valence-electron chi connectivity index (χ4n) is 1.82. The number of nitrogens with zero attached hydrogens (tertiary/aromatic N) is 1. The van der Waals surface area contributed by atoms with Gasteiger partial charge in [-0.25, -0.2) is 8.42 Å². The van der Waals surface area contributed by atoms with Gasteiger partial charge in [-0.05, 0) is 31.0 Å². The number of rotatable bonds is 10. The number of aliphatic hydroxyl groups is 1. The molecule has 0 aliphatic heterocycles. The van der Waals surface area contributed by atoms with E-state index in [1.807, 2.05) is 17.7 Å². The number of nitrogens with one attached hydrogen (secondary N) is 2. The van der Waals surface area contributed by atoms with Gasteiger partial charge in [-0.2, -0.15) is 9.98 Å². The summed E-state index contributed by atoms with van der Waals surface area (Å²) >= 11 is 0. The van der Waals surface area contributed by atoms with E-state index in [-0.39, 0.29) is 11.7 Å². The largest absolute Gasteiger partial charge is 0.480 e. The highest BCUT2D eigenvalue weighted by Crippen LogP contribution is 2.02. The minimum atomic E-state index is -3.59. The molecule has 162 valence electrons. The van der Waals surface area contributed by atoms with E-state index < -0.39 is 34.7 Å². The van der Waals surface area contributed by atoms with Crippen molar-refractivity contribution in [1.82, 2.24) is 10.0 Å². The van der Waals surface area contributed by atoms with Crippen molar-refractivity contribution in [3.63, 3.8) is 0 Å². The maximum atomic E-state index is 11.2. The summed E-state index contributed by atoms with van der Waals surface area (Å²) in [6, 6.07) is 7.13. The van der Waals surface area contributed by atoms with Crippen LogP contribution in [0.4, 0.5) is 0 Å². The molecule has 29 heavy (non-hydrogen) atoms. The van der Waals surface area contributed by atoms with Gasteiger partial charge < -0.3 is 21.3 Å².